The van der Waals surface area contributed by atoms with E-state index >= 15 is 0 Å². The molecule has 1 aliphatic rings. The lowest BCUT2D eigenvalue weighted by atomic mass is 9.71. The first-order valence-electron chi connectivity index (χ1n) is 5.19. The SMILES string of the molecule is CCC(N)C1(CCO)CCOCC1. The van der Waals surface area contributed by atoms with E-state index in [2.05, 4.69) is 6.92 Å². The summed E-state index contributed by atoms with van der Waals surface area (Å²) in [6.45, 7) is 3.95. The highest BCUT2D eigenvalue weighted by molar-refractivity contribution is 4.90. The molecule has 3 N–H and O–H groups in total. The zero-order valence-corrected chi connectivity index (χ0v) is 8.46. The summed E-state index contributed by atoms with van der Waals surface area (Å²) >= 11 is 0. The molecule has 1 atom stereocenters. The van der Waals surface area contributed by atoms with Crippen molar-refractivity contribution in [2.24, 2.45) is 11.1 Å². The first-order valence-corrected chi connectivity index (χ1v) is 5.19. The van der Waals surface area contributed by atoms with Crippen LogP contribution in [0.3, 0.4) is 0 Å². The van der Waals surface area contributed by atoms with Gasteiger partial charge in [-0.2, -0.15) is 0 Å². The van der Waals surface area contributed by atoms with Crippen molar-refractivity contribution in [3.8, 4) is 0 Å². The Morgan fingerprint density at radius 2 is 2.08 bits per heavy atom. The second-order valence-electron chi connectivity index (χ2n) is 3.96. The Labute approximate surface area is 80.3 Å². The van der Waals surface area contributed by atoms with E-state index in [0.29, 0.717) is 0 Å². The molecule has 0 aliphatic carbocycles. The smallest absolute Gasteiger partial charge is 0.0471 e. The molecule has 1 unspecified atom stereocenters. The molecule has 0 bridgehead atoms. The lowest BCUT2D eigenvalue weighted by Gasteiger charge is -2.41. The van der Waals surface area contributed by atoms with Crippen LogP contribution < -0.4 is 5.73 Å². The molecule has 0 spiro atoms. The largest absolute Gasteiger partial charge is 0.396 e. The Morgan fingerprint density at radius 1 is 1.46 bits per heavy atom. The van der Waals surface area contributed by atoms with Crippen LogP contribution in [0.2, 0.25) is 0 Å². The third-order valence-electron chi connectivity index (χ3n) is 3.32. The second kappa shape index (κ2) is 4.94. The van der Waals surface area contributed by atoms with Crippen molar-refractivity contribution >= 4 is 0 Å². The van der Waals surface area contributed by atoms with Crippen molar-refractivity contribution in [2.45, 2.75) is 38.6 Å². The fourth-order valence-corrected chi connectivity index (χ4v) is 2.24. The molecule has 1 aliphatic heterocycles. The van der Waals surface area contributed by atoms with Crippen molar-refractivity contribution < 1.29 is 9.84 Å². The van der Waals surface area contributed by atoms with E-state index in [1.165, 1.54) is 0 Å². The van der Waals surface area contributed by atoms with Crippen molar-refractivity contribution in [3.05, 3.63) is 0 Å². The van der Waals surface area contributed by atoms with Crippen molar-refractivity contribution in [3.63, 3.8) is 0 Å². The minimum Gasteiger partial charge on any atom is -0.396 e. The maximum Gasteiger partial charge on any atom is 0.0471 e. The Kier molecular flexibility index (Phi) is 4.16. The molecule has 3 nitrogen and oxygen atoms in total. The van der Waals surface area contributed by atoms with Crippen molar-refractivity contribution in [1.82, 2.24) is 0 Å². The van der Waals surface area contributed by atoms with E-state index < -0.39 is 0 Å². The average Bonchev–Trinajstić information content (AvgIpc) is 2.18. The number of nitrogens with two attached hydrogens (primary N) is 1. The normalized spacial score (nSPS) is 24.2. The van der Waals surface area contributed by atoms with Crippen LogP contribution in [0.5, 0.6) is 0 Å². The summed E-state index contributed by atoms with van der Waals surface area (Å²) in [6, 6.07) is 0.212. The summed E-state index contributed by atoms with van der Waals surface area (Å²) in [5.74, 6) is 0. The highest BCUT2D eigenvalue weighted by atomic mass is 16.5. The molecule has 3 heteroatoms. The number of aliphatic hydroxyl groups is 1. The van der Waals surface area contributed by atoms with Crippen LogP contribution in [0.1, 0.15) is 32.6 Å². The molecule has 1 heterocycles. The van der Waals surface area contributed by atoms with Gasteiger partial charge in [0.2, 0.25) is 0 Å². The van der Waals surface area contributed by atoms with Crippen LogP contribution >= 0.6 is 0 Å². The van der Waals surface area contributed by atoms with Gasteiger partial charge in [0.05, 0.1) is 0 Å². The van der Waals surface area contributed by atoms with E-state index in [-0.39, 0.29) is 18.1 Å². The van der Waals surface area contributed by atoms with Crippen LogP contribution in [0.15, 0.2) is 0 Å². The highest BCUT2D eigenvalue weighted by Crippen LogP contribution is 2.37. The third kappa shape index (κ3) is 2.42. The van der Waals surface area contributed by atoms with Crippen LogP contribution in [0.4, 0.5) is 0 Å². The van der Waals surface area contributed by atoms with Gasteiger partial charge in [-0.15, -0.1) is 0 Å². The predicted octanol–water partition coefficient (Wildman–Crippen LogP) is 0.903. The topological polar surface area (TPSA) is 55.5 Å². The number of hydrogen-bond acceptors (Lipinski definition) is 3. The summed E-state index contributed by atoms with van der Waals surface area (Å²) in [7, 11) is 0. The van der Waals surface area contributed by atoms with Gasteiger partial charge in [-0.25, -0.2) is 0 Å². The molecule has 1 rings (SSSR count). The molecule has 0 aromatic heterocycles. The fraction of sp³-hybridized carbons (Fsp3) is 1.00. The average molecular weight is 187 g/mol. The third-order valence-corrected chi connectivity index (χ3v) is 3.32. The quantitative estimate of drug-likeness (QED) is 0.687. The van der Waals surface area contributed by atoms with Crippen LogP contribution in [-0.2, 0) is 4.74 Å². The monoisotopic (exact) mass is 187 g/mol. The molecule has 0 aromatic carbocycles. The number of hydrogen-bond donors (Lipinski definition) is 2. The Morgan fingerprint density at radius 3 is 2.54 bits per heavy atom. The van der Waals surface area contributed by atoms with E-state index in [1.807, 2.05) is 0 Å². The van der Waals surface area contributed by atoms with Gasteiger partial charge in [-0.05, 0) is 31.1 Å². The molecular formula is C10H21NO2. The Bertz CT molecular complexity index is 138. The van der Waals surface area contributed by atoms with Crippen molar-refractivity contribution in [2.75, 3.05) is 19.8 Å². The standard InChI is InChI=1S/C10H21NO2/c1-2-9(11)10(3-6-12)4-7-13-8-5-10/h9,12H,2-8,11H2,1H3. The summed E-state index contributed by atoms with van der Waals surface area (Å²) in [4.78, 5) is 0. The summed E-state index contributed by atoms with van der Waals surface area (Å²) < 4.78 is 5.33. The first-order chi connectivity index (χ1) is 6.25. The molecule has 13 heavy (non-hydrogen) atoms. The molecule has 0 radical (unpaired) electrons. The van der Waals surface area contributed by atoms with Crippen LogP contribution in [0.25, 0.3) is 0 Å². The van der Waals surface area contributed by atoms with E-state index in [1.54, 1.807) is 0 Å². The molecule has 1 saturated heterocycles. The second-order valence-corrected chi connectivity index (χ2v) is 3.96. The predicted molar refractivity (Wildman–Crippen MR) is 52.5 cm³/mol. The van der Waals surface area contributed by atoms with Crippen LogP contribution in [0, 0.1) is 5.41 Å². The molecule has 0 aromatic rings. The summed E-state index contributed by atoms with van der Waals surface area (Å²) in [5, 5.41) is 9.03. The van der Waals surface area contributed by atoms with Gasteiger partial charge in [0, 0.05) is 25.9 Å². The Balaban J connectivity index is 2.60. The van der Waals surface area contributed by atoms with E-state index in [4.69, 9.17) is 15.6 Å². The van der Waals surface area contributed by atoms with Gasteiger partial charge < -0.3 is 15.6 Å². The number of rotatable bonds is 4. The van der Waals surface area contributed by atoms with E-state index in [0.717, 1.165) is 38.9 Å². The number of aliphatic hydroxyl groups excluding tert-OH is 1. The number of ether oxygens (including phenoxy) is 1. The zero-order chi connectivity index (χ0) is 9.73. The van der Waals surface area contributed by atoms with Gasteiger partial charge in [0.25, 0.3) is 0 Å². The maximum atomic E-state index is 9.03. The fourth-order valence-electron chi connectivity index (χ4n) is 2.24. The van der Waals surface area contributed by atoms with Gasteiger partial charge in [0.15, 0.2) is 0 Å². The van der Waals surface area contributed by atoms with Crippen molar-refractivity contribution in [1.29, 1.82) is 0 Å². The minimum absolute atomic E-state index is 0.141. The van der Waals surface area contributed by atoms with Crippen LogP contribution in [-0.4, -0.2) is 31.0 Å². The Hall–Kier alpha value is -0.120. The minimum atomic E-state index is 0.141. The lowest BCUT2D eigenvalue weighted by Crippen LogP contribution is -2.45. The van der Waals surface area contributed by atoms with Gasteiger partial charge in [-0.1, -0.05) is 6.92 Å². The molecule has 0 amide bonds. The first kappa shape index (κ1) is 11.0. The summed E-state index contributed by atoms with van der Waals surface area (Å²) in [5.41, 5.74) is 6.24. The zero-order valence-electron chi connectivity index (χ0n) is 8.46. The molecule has 0 saturated carbocycles. The molecule has 1 fully saturated rings. The highest BCUT2D eigenvalue weighted by Gasteiger charge is 2.36. The molecule has 78 valence electrons. The summed E-state index contributed by atoms with van der Waals surface area (Å²) in [6.07, 6.45) is 3.82. The van der Waals surface area contributed by atoms with Gasteiger partial charge in [-0.3, -0.25) is 0 Å². The van der Waals surface area contributed by atoms with Gasteiger partial charge in [0.1, 0.15) is 0 Å². The maximum absolute atomic E-state index is 9.03. The van der Waals surface area contributed by atoms with E-state index in [9.17, 15) is 0 Å². The van der Waals surface area contributed by atoms with Gasteiger partial charge >= 0.3 is 0 Å². The molecular weight excluding hydrogens is 166 g/mol. The lowest BCUT2D eigenvalue weighted by molar-refractivity contribution is -0.0125.